The van der Waals surface area contributed by atoms with Crippen LogP contribution in [0, 0.1) is 5.82 Å². The van der Waals surface area contributed by atoms with Gasteiger partial charge in [-0.05, 0) is 54.6 Å². The number of carbonyl (C=O) groups excluding carboxylic acids is 1. The largest absolute Gasteiger partial charge is 0.497 e. The molecule has 0 aliphatic rings. The minimum Gasteiger partial charge on any atom is -0.497 e. The number of nitrogens with zero attached hydrogens (tertiary/aromatic N) is 5. The maximum Gasteiger partial charge on any atom is 0.234 e. The standard InChI is InChI=1S/C22H17FN6O2S/c1-31-17-8-6-16(7-9-17)24-20(30)13-32-22-26-25-21-19-12-18(14-2-4-15(23)5-3-14)27-29(19)11-10-28(21)22/h2-12H,13H2,1H3,(H,24,30). The molecule has 1 amide bonds. The third kappa shape index (κ3) is 3.87. The lowest BCUT2D eigenvalue weighted by atomic mass is 10.1. The molecule has 0 atom stereocenters. The number of nitrogens with one attached hydrogen (secondary N) is 1. The zero-order valence-corrected chi connectivity index (χ0v) is 17.7. The quantitative estimate of drug-likeness (QED) is 0.396. The van der Waals surface area contributed by atoms with Crippen molar-refractivity contribution in [2.45, 2.75) is 5.16 Å². The van der Waals surface area contributed by atoms with E-state index in [1.54, 1.807) is 60.4 Å². The first-order chi connectivity index (χ1) is 15.6. The summed E-state index contributed by atoms with van der Waals surface area (Å²) in [5.74, 6) is 0.454. The molecule has 10 heteroatoms. The summed E-state index contributed by atoms with van der Waals surface area (Å²) in [6.45, 7) is 0. The highest BCUT2D eigenvalue weighted by atomic mass is 32.2. The fourth-order valence-corrected chi connectivity index (χ4v) is 3.97. The Morgan fingerprint density at radius 1 is 1.09 bits per heavy atom. The van der Waals surface area contributed by atoms with Crippen LogP contribution in [-0.4, -0.2) is 43.0 Å². The van der Waals surface area contributed by atoms with Crippen LogP contribution in [0.3, 0.4) is 0 Å². The number of aromatic nitrogens is 5. The lowest BCUT2D eigenvalue weighted by Crippen LogP contribution is -2.14. The molecule has 0 saturated carbocycles. The Bertz CT molecular complexity index is 1410. The lowest BCUT2D eigenvalue weighted by Gasteiger charge is -2.06. The number of rotatable bonds is 6. The molecular formula is C22H17FN6O2S. The minimum atomic E-state index is -0.296. The Kier molecular flexibility index (Phi) is 5.20. The molecule has 3 heterocycles. The molecule has 5 aromatic rings. The van der Waals surface area contributed by atoms with Gasteiger partial charge in [0.2, 0.25) is 5.91 Å². The van der Waals surface area contributed by atoms with E-state index in [-0.39, 0.29) is 17.5 Å². The van der Waals surface area contributed by atoms with Crippen molar-refractivity contribution in [3.05, 3.63) is 72.8 Å². The first-order valence-corrected chi connectivity index (χ1v) is 10.6. The molecule has 0 aliphatic carbocycles. The SMILES string of the molecule is COc1ccc(NC(=O)CSc2nnc3c4cc(-c5ccc(F)cc5)nn4ccn23)cc1. The molecule has 32 heavy (non-hydrogen) atoms. The normalized spacial score (nSPS) is 11.2. The number of fused-ring (bicyclic) bond motifs is 3. The van der Waals surface area contributed by atoms with Gasteiger partial charge in [0.1, 0.15) is 17.1 Å². The molecule has 0 saturated heterocycles. The fourth-order valence-electron chi connectivity index (χ4n) is 3.25. The van der Waals surface area contributed by atoms with Crippen LogP contribution in [0.4, 0.5) is 10.1 Å². The van der Waals surface area contributed by atoms with Gasteiger partial charge in [0.15, 0.2) is 10.8 Å². The molecule has 0 spiro atoms. The van der Waals surface area contributed by atoms with E-state index in [4.69, 9.17) is 4.74 Å². The Morgan fingerprint density at radius 2 is 1.88 bits per heavy atom. The van der Waals surface area contributed by atoms with Crippen LogP contribution in [0.2, 0.25) is 0 Å². The van der Waals surface area contributed by atoms with Crippen LogP contribution in [0.25, 0.3) is 22.4 Å². The average Bonchev–Trinajstić information content (AvgIpc) is 3.42. The molecule has 0 aliphatic heterocycles. The van der Waals surface area contributed by atoms with Crippen molar-refractivity contribution in [1.29, 1.82) is 0 Å². The van der Waals surface area contributed by atoms with Gasteiger partial charge in [0, 0.05) is 23.6 Å². The van der Waals surface area contributed by atoms with Gasteiger partial charge >= 0.3 is 0 Å². The summed E-state index contributed by atoms with van der Waals surface area (Å²) >= 11 is 1.29. The van der Waals surface area contributed by atoms with Crippen molar-refractivity contribution in [3.8, 4) is 17.0 Å². The number of amides is 1. The Hall–Kier alpha value is -3.92. The molecular weight excluding hydrogens is 431 g/mol. The van der Waals surface area contributed by atoms with Gasteiger partial charge < -0.3 is 10.1 Å². The van der Waals surface area contributed by atoms with E-state index in [1.807, 2.05) is 10.5 Å². The third-order valence-electron chi connectivity index (χ3n) is 4.83. The smallest absolute Gasteiger partial charge is 0.234 e. The van der Waals surface area contributed by atoms with Crippen LogP contribution in [-0.2, 0) is 4.79 Å². The zero-order valence-electron chi connectivity index (χ0n) is 16.9. The topological polar surface area (TPSA) is 85.8 Å². The van der Waals surface area contributed by atoms with Crippen LogP contribution >= 0.6 is 11.8 Å². The number of halogens is 1. The summed E-state index contributed by atoms with van der Waals surface area (Å²) < 4.78 is 21.9. The Labute approximate surface area is 186 Å². The first-order valence-electron chi connectivity index (χ1n) is 9.66. The summed E-state index contributed by atoms with van der Waals surface area (Å²) in [7, 11) is 1.59. The van der Waals surface area contributed by atoms with Gasteiger partial charge in [-0.1, -0.05) is 11.8 Å². The van der Waals surface area contributed by atoms with E-state index in [0.29, 0.717) is 22.2 Å². The molecule has 5 rings (SSSR count). The van der Waals surface area contributed by atoms with Gasteiger partial charge in [-0.2, -0.15) is 5.10 Å². The van der Waals surface area contributed by atoms with Crippen LogP contribution in [0.1, 0.15) is 0 Å². The Morgan fingerprint density at radius 3 is 2.62 bits per heavy atom. The summed E-state index contributed by atoms with van der Waals surface area (Å²) in [6.07, 6.45) is 3.59. The number of ether oxygens (including phenoxy) is 1. The van der Waals surface area contributed by atoms with E-state index in [2.05, 4.69) is 20.6 Å². The van der Waals surface area contributed by atoms with E-state index in [1.165, 1.54) is 23.9 Å². The second-order valence-corrected chi connectivity index (χ2v) is 7.85. The van der Waals surface area contributed by atoms with E-state index in [0.717, 1.165) is 16.8 Å². The summed E-state index contributed by atoms with van der Waals surface area (Å²) in [5, 5.41) is 16.5. The second kappa shape index (κ2) is 8.31. The molecule has 3 aromatic heterocycles. The van der Waals surface area contributed by atoms with Gasteiger partial charge in [0.25, 0.3) is 0 Å². The molecule has 0 unspecified atom stereocenters. The summed E-state index contributed by atoms with van der Waals surface area (Å²) in [5.41, 5.74) is 3.57. The maximum absolute atomic E-state index is 13.2. The molecule has 160 valence electrons. The average molecular weight is 448 g/mol. The summed E-state index contributed by atoms with van der Waals surface area (Å²) in [4.78, 5) is 12.3. The van der Waals surface area contributed by atoms with Crippen molar-refractivity contribution in [1.82, 2.24) is 24.2 Å². The predicted octanol–water partition coefficient (Wildman–Crippen LogP) is 3.92. The highest BCUT2D eigenvalue weighted by molar-refractivity contribution is 7.99. The van der Waals surface area contributed by atoms with Crippen LogP contribution in [0.5, 0.6) is 5.75 Å². The van der Waals surface area contributed by atoms with Gasteiger partial charge in [-0.25, -0.2) is 8.91 Å². The molecule has 0 radical (unpaired) electrons. The van der Waals surface area contributed by atoms with E-state index < -0.39 is 0 Å². The highest BCUT2D eigenvalue weighted by Crippen LogP contribution is 2.24. The number of benzene rings is 2. The molecule has 0 bridgehead atoms. The van der Waals surface area contributed by atoms with Crippen LogP contribution in [0.15, 0.2) is 72.1 Å². The number of thioether (sulfide) groups is 1. The van der Waals surface area contributed by atoms with Crippen molar-refractivity contribution >= 4 is 34.5 Å². The third-order valence-corrected chi connectivity index (χ3v) is 5.78. The first kappa shape index (κ1) is 20.0. The van der Waals surface area contributed by atoms with Gasteiger partial charge in [0.05, 0.1) is 18.6 Å². The fraction of sp³-hybridized carbons (Fsp3) is 0.0909. The number of anilines is 1. The molecule has 0 fully saturated rings. The second-order valence-electron chi connectivity index (χ2n) is 6.91. The maximum atomic E-state index is 13.2. The van der Waals surface area contributed by atoms with E-state index >= 15 is 0 Å². The number of hydrogen-bond donors (Lipinski definition) is 1. The monoisotopic (exact) mass is 448 g/mol. The van der Waals surface area contributed by atoms with Crippen molar-refractivity contribution in [2.75, 3.05) is 18.2 Å². The van der Waals surface area contributed by atoms with Crippen molar-refractivity contribution in [3.63, 3.8) is 0 Å². The van der Waals surface area contributed by atoms with E-state index in [9.17, 15) is 9.18 Å². The van der Waals surface area contributed by atoms with Crippen LogP contribution < -0.4 is 10.1 Å². The molecule has 8 nitrogen and oxygen atoms in total. The van der Waals surface area contributed by atoms with Crippen molar-refractivity contribution < 1.29 is 13.9 Å². The predicted molar refractivity (Wildman–Crippen MR) is 119 cm³/mol. The Balaban J connectivity index is 1.34. The number of hydrogen-bond acceptors (Lipinski definition) is 6. The number of carbonyl (C=O) groups is 1. The zero-order chi connectivity index (χ0) is 22.1. The molecule has 2 aromatic carbocycles. The minimum absolute atomic E-state index is 0.152. The van der Waals surface area contributed by atoms with Gasteiger partial charge in [-0.3, -0.25) is 9.20 Å². The highest BCUT2D eigenvalue weighted by Gasteiger charge is 2.14. The molecule has 1 N–H and O–H groups in total. The summed E-state index contributed by atoms with van der Waals surface area (Å²) in [6, 6.07) is 15.2. The number of methoxy groups -OCH3 is 1. The lowest BCUT2D eigenvalue weighted by molar-refractivity contribution is -0.113. The van der Waals surface area contributed by atoms with Gasteiger partial charge in [-0.15, -0.1) is 10.2 Å². The van der Waals surface area contributed by atoms with Crippen molar-refractivity contribution in [2.24, 2.45) is 0 Å².